The summed E-state index contributed by atoms with van der Waals surface area (Å²) in [5.41, 5.74) is 3.38. The highest BCUT2D eigenvalue weighted by atomic mass is 32.1. The predicted octanol–water partition coefficient (Wildman–Crippen LogP) is 4.63. The summed E-state index contributed by atoms with van der Waals surface area (Å²) in [6.45, 7) is 2.30. The lowest BCUT2D eigenvalue weighted by Crippen LogP contribution is -2.39. The Labute approximate surface area is 182 Å². The van der Waals surface area contributed by atoms with Gasteiger partial charge in [0.1, 0.15) is 24.1 Å². The first-order valence-electron chi connectivity index (χ1n) is 10.0. The number of piperidine rings is 1. The molecular weight excluding hydrogens is 422 g/mol. The third-order valence-electron chi connectivity index (χ3n) is 5.20. The van der Waals surface area contributed by atoms with Crippen LogP contribution in [0, 0.1) is 17.6 Å². The minimum atomic E-state index is -0.624. The Balaban J connectivity index is 1.27. The molecule has 3 heterocycles. The zero-order valence-electron chi connectivity index (χ0n) is 16.8. The Morgan fingerprint density at radius 2 is 1.97 bits per heavy atom. The van der Waals surface area contributed by atoms with Crippen LogP contribution in [-0.2, 0) is 11.3 Å². The highest BCUT2D eigenvalue weighted by molar-refractivity contribution is 7.07. The Morgan fingerprint density at radius 1 is 1.19 bits per heavy atom. The number of aromatic nitrogens is 2. The number of amides is 1. The fourth-order valence-electron chi connectivity index (χ4n) is 3.56. The molecule has 1 amide bonds. The van der Waals surface area contributed by atoms with Crippen molar-refractivity contribution in [1.29, 1.82) is 0 Å². The summed E-state index contributed by atoms with van der Waals surface area (Å²) in [6.07, 6.45) is 1.35. The van der Waals surface area contributed by atoms with Crippen LogP contribution in [0.3, 0.4) is 0 Å². The summed E-state index contributed by atoms with van der Waals surface area (Å²) in [5, 5.41) is 4.66. The molecule has 4 rings (SSSR count). The maximum atomic E-state index is 13.5. The first-order chi connectivity index (χ1) is 15.1. The number of hydrogen-bond donors (Lipinski definition) is 1. The topological polar surface area (TPSA) is 67.4 Å². The number of carbonyl (C=O) groups excluding carboxylic acids is 1. The average molecular weight is 445 g/mol. The normalized spacial score (nSPS) is 14.5. The first-order valence-corrected chi connectivity index (χ1v) is 11.0. The smallest absolute Gasteiger partial charge is 0.407 e. The molecule has 0 unspecified atom stereocenters. The van der Waals surface area contributed by atoms with Gasteiger partial charge in [-0.3, -0.25) is 0 Å². The highest BCUT2D eigenvalue weighted by Gasteiger charge is 2.21. The molecule has 2 aromatic heterocycles. The molecule has 6 nitrogen and oxygen atoms in total. The predicted molar refractivity (Wildman–Crippen MR) is 115 cm³/mol. The standard InChI is InChI=1S/C22H22F2N4O2S/c23-17-8-16(9-18(24)10-17)20-2-1-3-21(27-20)28-6-4-15(5-7-28)11-25-22(29)30-12-19-13-31-14-26-19/h1-3,8-10,13-15H,4-7,11-12H2,(H,25,29). The molecule has 9 heteroatoms. The maximum Gasteiger partial charge on any atom is 0.407 e. The van der Waals surface area contributed by atoms with Gasteiger partial charge in [0.05, 0.1) is 16.9 Å². The Kier molecular flexibility index (Phi) is 6.71. The molecule has 162 valence electrons. The van der Waals surface area contributed by atoms with E-state index >= 15 is 0 Å². The molecule has 0 aliphatic carbocycles. The van der Waals surface area contributed by atoms with E-state index in [2.05, 4.69) is 20.2 Å². The zero-order valence-corrected chi connectivity index (χ0v) is 17.6. The number of nitrogens with one attached hydrogen (secondary N) is 1. The van der Waals surface area contributed by atoms with Crippen molar-refractivity contribution in [3.63, 3.8) is 0 Å². The summed E-state index contributed by atoms with van der Waals surface area (Å²) in [5.74, 6) is -0.124. The summed E-state index contributed by atoms with van der Waals surface area (Å²) in [4.78, 5) is 22.7. The van der Waals surface area contributed by atoms with Crippen LogP contribution in [0.25, 0.3) is 11.3 Å². The van der Waals surface area contributed by atoms with Crippen LogP contribution in [0.4, 0.5) is 19.4 Å². The summed E-state index contributed by atoms with van der Waals surface area (Å²) in [7, 11) is 0. The van der Waals surface area contributed by atoms with Crippen molar-refractivity contribution in [3.05, 3.63) is 64.6 Å². The van der Waals surface area contributed by atoms with Crippen molar-refractivity contribution in [3.8, 4) is 11.3 Å². The molecule has 1 N–H and O–H groups in total. The minimum absolute atomic E-state index is 0.172. The Morgan fingerprint density at radius 3 is 2.68 bits per heavy atom. The van der Waals surface area contributed by atoms with Gasteiger partial charge in [0.15, 0.2) is 0 Å². The van der Waals surface area contributed by atoms with Crippen molar-refractivity contribution in [2.45, 2.75) is 19.4 Å². The van der Waals surface area contributed by atoms with Gasteiger partial charge in [-0.05, 0) is 43.0 Å². The van der Waals surface area contributed by atoms with Gasteiger partial charge in [-0.25, -0.2) is 23.5 Å². The molecule has 1 aliphatic heterocycles. The van der Waals surface area contributed by atoms with Crippen molar-refractivity contribution in [1.82, 2.24) is 15.3 Å². The van der Waals surface area contributed by atoms with Crippen LogP contribution in [0.15, 0.2) is 47.3 Å². The van der Waals surface area contributed by atoms with E-state index in [1.807, 2.05) is 17.5 Å². The molecule has 0 atom stereocenters. The van der Waals surface area contributed by atoms with Crippen molar-refractivity contribution < 1.29 is 18.3 Å². The van der Waals surface area contributed by atoms with Gasteiger partial charge in [-0.15, -0.1) is 11.3 Å². The monoisotopic (exact) mass is 444 g/mol. The molecule has 1 saturated heterocycles. The van der Waals surface area contributed by atoms with Gasteiger partial charge < -0.3 is 15.0 Å². The van der Waals surface area contributed by atoms with Gasteiger partial charge in [0, 0.05) is 36.6 Å². The number of ether oxygens (including phenoxy) is 1. The van der Waals surface area contributed by atoms with Crippen LogP contribution in [0.2, 0.25) is 0 Å². The molecule has 0 bridgehead atoms. The molecule has 0 saturated carbocycles. The van der Waals surface area contributed by atoms with Gasteiger partial charge in [0.25, 0.3) is 0 Å². The zero-order chi connectivity index (χ0) is 21.6. The van der Waals surface area contributed by atoms with Crippen LogP contribution in [-0.4, -0.2) is 35.7 Å². The highest BCUT2D eigenvalue weighted by Crippen LogP contribution is 2.25. The second-order valence-corrected chi connectivity index (χ2v) is 8.13. The lowest BCUT2D eigenvalue weighted by Gasteiger charge is -2.33. The van der Waals surface area contributed by atoms with E-state index in [-0.39, 0.29) is 6.61 Å². The average Bonchev–Trinajstić information content (AvgIpc) is 3.30. The molecule has 1 aromatic carbocycles. The summed E-state index contributed by atoms with van der Waals surface area (Å²) >= 11 is 1.46. The van der Waals surface area contributed by atoms with Crippen molar-refractivity contribution >= 4 is 23.2 Å². The van der Waals surface area contributed by atoms with Crippen LogP contribution in [0.5, 0.6) is 0 Å². The number of thiazole rings is 1. The molecule has 3 aromatic rings. The maximum absolute atomic E-state index is 13.5. The van der Waals surface area contributed by atoms with Crippen LogP contribution in [0.1, 0.15) is 18.5 Å². The lowest BCUT2D eigenvalue weighted by molar-refractivity contribution is 0.136. The third kappa shape index (κ3) is 5.75. The SMILES string of the molecule is O=C(NCC1CCN(c2cccc(-c3cc(F)cc(F)c3)n2)CC1)OCc1cscn1. The fraction of sp³-hybridized carbons (Fsp3) is 0.318. The summed E-state index contributed by atoms with van der Waals surface area (Å²) < 4.78 is 32.2. The number of rotatable bonds is 6. The fourth-order valence-corrected chi connectivity index (χ4v) is 4.10. The quantitative estimate of drug-likeness (QED) is 0.601. The van der Waals surface area contributed by atoms with Crippen LogP contribution < -0.4 is 10.2 Å². The number of pyridine rings is 1. The number of anilines is 1. The molecule has 0 spiro atoms. The van der Waals surface area contributed by atoms with E-state index in [1.54, 1.807) is 11.6 Å². The number of nitrogens with zero attached hydrogens (tertiary/aromatic N) is 3. The van der Waals surface area contributed by atoms with Crippen molar-refractivity contribution in [2.24, 2.45) is 5.92 Å². The number of carbonyl (C=O) groups is 1. The van der Waals surface area contributed by atoms with E-state index in [1.165, 1.54) is 23.5 Å². The molecule has 1 aliphatic rings. The number of alkyl carbamates (subject to hydrolysis) is 1. The second-order valence-electron chi connectivity index (χ2n) is 7.41. The largest absolute Gasteiger partial charge is 0.443 e. The molecular formula is C22H22F2N4O2S. The minimum Gasteiger partial charge on any atom is -0.443 e. The third-order valence-corrected chi connectivity index (χ3v) is 5.84. The number of hydrogen-bond acceptors (Lipinski definition) is 6. The Bertz CT molecular complexity index is 1000. The van der Waals surface area contributed by atoms with Gasteiger partial charge in [-0.1, -0.05) is 6.07 Å². The second kappa shape index (κ2) is 9.82. The Hall–Kier alpha value is -3.07. The van der Waals surface area contributed by atoms with Crippen molar-refractivity contribution in [2.75, 3.05) is 24.5 Å². The first kappa shape index (κ1) is 21.2. The number of halogens is 2. The van der Waals surface area contributed by atoms with E-state index in [4.69, 9.17) is 4.74 Å². The van der Waals surface area contributed by atoms with E-state index in [0.717, 1.165) is 43.5 Å². The van der Waals surface area contributed by atoms with E-state index < -0.39 is 17.7 Å². The van der Waals surface area contributed by atoms with Gasteiger partial charge >= 0.3 is 6.09 Å². The molecule has 31 heavy (non-hydrogen) atoms. The number of benzene rings is 1. The lowest BCUT2D eigenvalue weighted by atomic mass is 9.97. The summed E-state index contributed by atoms with van der Waals surface area (Å²) in [6, 6.07) is 8.88. The van der Waals surface area contributed by atoms with E-state index in [9.17, 15) is 13.6 Å². The van der Waals surface area contributed by atoms with E-state index in [0.29, 0.717) is 23.7 Å². The van der Waals surface area contributed by atoms with Gasteiger partial charge in [0.2, 0.25) is 0 Å². The molecule has 1 fully saturated rings. The molecule has 0 radical (unpaired) electrons. The van der Waals surface area contributed by atoms with Gasteiger partial charge in [-0.2, -0.15) is 0 Å². The van der Waals surface area contributed by atoms with Crippen LogP contribution >= 0.6 is 11.3 Å².